The van der Waals surface area contributed by atoms with Crippen molar-refractivity contribution < 1.29 is 14.3 Å². The van der Waals surface area contributed by atoms with E-state index in [2.05, 4.69) is 15.5 Å². The molecule has 0 aromatic carbocycles. The molecular weight excluding hydrogens is 280 g/mol. The number of rotatable bonds is 4. The number of esters is 1. The second kappa shape index (κ2) is 6.11. The first-order valence-electron chi connectivity index (χ1n) is 5.76. The monoisotopic (exact) mass is 292 g/mol. The molecule has 0 unspecified atom stereocenters. The van der Waals surface area contributed by atoms with Crippen molar-refractivity contribution in [2.75, 3.05) is 6.61 Å². The maximum atomic E-state index is 11.8. The van der Waals surface area contributed by atoms with Crippen molar-refractivity contribution in [2.24, 2.45) is 10.8 Å². The molecule has 1 aromatic rings. The summed E-state index contributed by atoms with van der Waals surface area (Å²) >= 11 is 4.84. The third-order valence-electron chi connectivity index (χ3n) is 2.34. The molecule has 2 rings (SSSR count). The van der Waals surface area contributed by atoms with Crippen LogP contribution in [0.5, 0.6) is 0 Å². The Labute approximate surface area is 120 Å². The van der Waals surface area contributed by atoms with Gasteiger partial charge in [0.2, 0.25) is 11.8 Å². The number of ether oxygens (including phenoxy) is 2. The summed E-state index contributed by atoms with van der Waals surface area (Å²) < 4.78 is 10.3. The molecule has 0 fully saturated rings. The summed E-state index contributed by atoms with van der Waals surface area (Å²) in [5.41, 5.74) is 8.76. The summed E-state index contributed by atoms with van der Waals surface area (Å²) in [6.07, 6.45) is 3.20. The van der Waals surface area contributed by atoms with Crippen LogP contribution in [0.3, 0.4) is 0 Å². The van der Waals surface area contributed by atoms with Gasteiger partial charge in [0.05, 0.1) is 6.61 Å². The molecule has 3 N–H and O–H groups in total. The van der Waals surface area contributed by atoms with E-state index in [1.165, 1.54) is 0 Å². The van der Waals surface area contributed by atoms with Gasteiger partial charge in [-0.15, -0.1) is 5.10 Å². The lowest BCUT2D eigenvalue weighted by Crippen LogP contribution is -2.25. The van der Waals surface area contributed by atoms with Crippen LogP contribution >= 0.6 is 12.2 Å². The SMILES string of the molecule is CCOC(=O)/C(C(N)=S)=C1\NN=C(c2ccncc2)O1. The molecule has 104 valence electrons. The molecule has 0 atom stereocenters. The zero-order chi connectivity index (χ0) is 14.5. The van der Waals surface area contributed by atoms with Crippen LogP contribution in [-0.2, 0) is 14.3 Å². The molecular formula is C12H12N4O3S. The van der Waals surface area contributed by atoms with E-state index in [1.54, 1.807) is 31.5 Å². The van der Waals surface area contributed by atoms with Crippen LogP contribution in [0.4, 0.5) is 0 Å². The molecule has 1 aliphatic rings. The molecule has 1 aliphatic heterocycles. The van der Waals surface area contributed by atoms with Gasteiger partial charge in [-0.2, -0.15) is 0 Å². The predicted octanol–water partition coefficient (Wildman–Crippen LogP) is 0.424. The number of nitrogens with two attached hydrogens (primary N) is 1. The smallest absolute Gasteiger partial charge is 0.346 e. The molecule has 0 radical (unpaired) electrons. The van der Waals surface area contributed by atoms with Crippen molar-refractivity contribution in [1.29, 1.82) is 0 Å². The number of pyridine rings is 1. The Kier molecular flexibility index (Phi) is 4.26. The number of hydrogen-bond donors (Lipinski definition) is 2. The lowest BCUT2D eigenvalue weighted by molar-refractivity contribution is -0.138. The fourth-order valence-corrected chi connectivity index (χ4v) is 1.65. The van der Waals surface area contributed by atoms with Crippen LogP contribution in [-0.4, -0.2) is 28.4 Å². The molecule has 0 saturated heterocycles. The minimum atomic E-state index is -0.659. The lowest BCUT2D eigenvalue weighted by atomic mass is 10.2. The Hall–Kier alpha value is -2.48. The van der Waals surface area contributed by atoms with Crippen LogP contribution < -0.4 is 11.2 Å². The summed E-state index contributed by atoms with van der Waals surface area (Å²) in [7, 11) is 0. The van der Waals surface area contributed by atoms with Gasteiger partial charge in [-0.3, -0.25) is 4.98 Å². The number of nitrogens with zero attached hydrogens (tertiary/aromatic N) is 2. The van der Waals surface area contributed by atoms with Gasteiger partial charge in [-0.25, -0.2) is 10.2 Å². The zero-order valence-corrected chi connectivity index (χ0v) is 11.4. The van der Waals surface area contributed by atoms with E-state index in [-0.39, 0.29) is 23.1 Å². The maximum absolute atomic E-state index is 11.8. The maximum Gasteiger partial charge on any atom is 0.346 e. The predicted molar refractivity (Wildman–Crippen MR) is 75.4 cm³/mol. The minimum absolute atomic E-state index is 0.0466. The number of thiocarbonyl (C=S) groups is 1. The Bertz CT molecular complexity index is 598. The third-order valence-corrected chi connectivity index (χ3v) is 2.54. The summed E-state index contributed by atoms with van der Waals surface area (Å²) in [5, 5.41) is 3.97. The van der Waals surface area contributed by atoms with Crippen LogP contribution in [0.2, 0.25) is 0 Å². The van der Waals surface area contributed by atoms with E-state index in [1.807, 2.05) is 0 Å². The van der Waals surface area contributed by atoms with Crippen LogP contribution in [0.25, 0.3) is 0 Å². The number of hydrazone groups is 1. The number of nitrogens with one attached hydrogen (secondary N) is 1. The van der Waals surface area contributed by atoms with Crippen molar-refractivity contribution in [2.45, 2.75) is 6.92 Å². The third kappa shape index (κ3) is 2.91. The average molecular weight is 292 g/mol. The van der Waals surface area contributed by atoms with Crippen LogP contribution in [0, 0.1) is 0 Å². The van der Waals surface area contributed by atoms with Crippen LogP contribution in [0.15, 0.2) is 41.1 Å². The first kappa shape index (κ1) is 13.9. The number of hydrogen-bond acceptors (Lipinski definition) is 7. The summed E-state index contributed by atoms with van der Waals surface area (Å²) in [6, 6.07) is 3.43. The fourth-order valence-electron chi connectivity index (χ4n) is 1.48. The van der Waals surface area contributed by atoms with Gasteiger partial charge in [0.1, 0.15) is 4.99 Å². The first-order chi connectivity index (χ1) is 9.63. The molecule has 8 heteroatoms. The van der Waals surface area contributed by atoms with E-state index in [0.717, 1.165) is 0 Å². The molecule has 0 amide bonds. The molecule has 1 aromatic heterocycles. The molecule has 0 saturated carbocycles. The van der Waals surface area contributed by atoms with Crippen molar-refractivity contribution in [1.82, 2.24) is 10.4 Å². The second-order valence-corrected chi connectivity index (χ2v) is 4.10. The van der Waals surface area contributed by atoms with Gasteiger partial charge in [0.15, 0.2) is 5.57 Å². The Morgan fingerprint density at radius 2 is 2.20 bits per heavy atom. The van der Waals surface area contributed by atoms with Crippen molar-refractivity contribution in [3.05, 3.63) is 41.5 Å². The summed E-state index contributed by atoms with van der Waals surface area (Å²) in [4.78, 5) is 15.6. The van der Waals surface area contributed by atoms with Gasteiger partial charge < -0.3 is 15.2 Å². The van der Waals surface area contributed by atoms with Crippen molar-refractivity contribution in [3.63, 3.8) is 0 Å². The molecule has 0 bridgehead atoms. The highest BCUT2D eigenvalue weighted by atomic mass is 32.1. The van der Waals surface area contributed by atoms with Gasteiger partial charge >= 0.3 is 5.97 Å². The lowest BCUT2D eigenvalue weighted by Gasteiger charge is -2.08. The summed E-state index contributed by atoms with van der Waals surface area (Å²) in [5.74, 6) is -0.308. The van der Waals surface area contributed by atoms with E-state index in [4.69, 9.17) is 27.4 Å². The van der Waals surface area contributed by atoms with E-state index < -0.39 is 5.97 Å². The van der Waals surface area contributed by atoms with Gasteiger partial charge in [0, 0.05) is 18.0 Å². The number of carbonyl (C=O) groups is 1. The number of aromatic nitrogens is 1. The molecule has 0 spiro atoms. The first-order valence-corrected chi connectivity index (χ1v) is 6.17. The minimum Gasteiger partial charge on any atom is -0.462 e. The fraction of sp³-hybridized carbons (Fsp3) is 0.167. The van der Waals surface area contributed by atoms with Crippen LogP contribution in [0.1, 0.15) is 12.5 Å². The highest BCUT2D eigenvalue weighted by Crippen LogP contribution is 2.15. The quantitative estimate of drug-likeness (QED) is 0.471. The van der Waals surface area contributed by atoms with Crippen molar-refractivity contribution >= 4 is 29.1 Å². The molecule has 20 heavy (non-hydrogen) atoms. The molecule has 7 nitrogen and oxygen atoms in total. The Balaban J connectivity index is 2.25. The zero-order valence-electron chi connectivity index (χ0n) is 10.6. The summed E-state index contributed by atoms with van der Waals surface area (Å²) in [6.45, 7) is 1.89. The highest BCUT2D eigenvalue weighted by molar-refractivity contribution is 7.80. The van der Waals surface area contributed by atoms with E-state index in [9.17, 15) is 4.79 Å². The van der Waals surface area contributed by atoms with Crippen molar-refractivity contribution in [3.8, 4) is 0 Å². The Morgan fingerprint density at radius 1 is 1.50 bits per heavy atom. The standard InChI is InChI=1S/C12H12N4O3S/c1-2-18-12(17)8(9(13)20)11-16-15-10(19-11)7-3-5-14-6-4-7/h3-6,16H,2H2,1H3,(H2,13,20)/b11-8+. The average Bonchev–Trinajstić information content (AvgIpc) is 2.89. The number of carbonyl (C=O) groups excluding carboxylic acids is 1. The topological polar surface area (TPSA) is 98.8 Å². The molecule has 2 heterocycles. The van der Waals surface area contributed by atoms with Gasteiger partial charge in [0.25, 0.3) is 0 Å². The Morgan fingerprint density at radius 3 is 2.80 bits per heavy atom. The molecule has 0 aliphatic carbocycles. The normalized spacial score (nSPS) is 15.8. The van der Waals surface area contributed by atoms with E-state index >= 15 is 0 Å². The van der Waals surface area contributed by atoms with Gasteiger partial charge in [-0.1, -0.05) is 12.2 Å². The second-order valence-electron chi connectivity index (χ2n) is 3.66. The van der Waals surface area contributed by atoms with E-state index in [0.29, 0.717) is 11.5 Å². The highest BCUT2D eigenvalue weighted by Gasteiger charge is 2.26. The van der Waals surface area contributed by atoms with Gasteiger partial charge in [-0.05, 0) is 19.1 Å². The largest absolute Gasteiger partial charge is 0.462 e.